The highest BCUT2D eigenvalue weighted by Crippen LogP contribution is 2.15. The molecule has 0 aliphatic heterocycles. The highest BCUT2D eigenvalue weighted by molar-refractivity contribution is 5.77. The van der Waals surface area contributed by atoms with Crippen molar-refractivity contribution in [3.63, 3.8) is 0 Å². The Balaban J connectivity index is 2.97. The number of rotatable bonds is 3. The number of ether oxygens (including phenoxy) is 1. The molecule has 1 rings (SSSR count). The van der Waals surface area contributed by atoms with Crippen LogP contribution in [0.15, 0.2) is 6.20 Å². The number of carbonyl (C=O) groups is 1. The van der Waals surface area contributed by atoms with Gasteiger partial charge in [0.2, 0.25) is 0 Å². The molecule has 0 saturated carbocycles. The maximum absolute atomic E-state index is 11.4. The minimum absolute atomic E-state index is 0.329. The quantitative estimate of drug-likeness (QED) is 0.671. The monoisotopic (exact) mass is 197 g/mol. The van der Waals surface area contributed by atoms with Crippen LogP contribution in [0, 0.1) is 0 Å². The van der Waals surface area contributed by atoms with Crippen LogP contribution in [-0.2, 0) is 21.5 Å². The number of aryl methyl sites for hydroxylation is 1. The van der Waals surface area contributed by atoms with Gasteiger partial charge in [-0.3, -0.25) is 0 Å². The molecule has 0 spiro atoms. The van der Waals surface area contributed by atoms with Crippen LogP contribution in [0.25, 0.3) is 0 Å². The summed E-state index contributed by atoms with van der Waals surface area (Å²) in [6, 6.07) is 0. The number of hydrogen-bond acceptors (Lipinski definition) is 4. The molecule has 0 atom stereocenters. The first-order chi connectivity index (χ1) is 6.52. The van der Waals surface area contributed by atoms with Crippen molar-refractivity contribution in [3.8, 4) is 0 Å². The maximum atomic E-state index is 11.4. The Morgan fingerprint density at radius 1 is 1.64 bits per heavy atom. The zero-order valence-corrected chi connectivity index (χ0v) is 8.94. The number of methoxy groups -OCH3 is 1. The topological polar surface area (TPSA) is 57.0 Å². The van der Waals surface area contributed by atoms with Gasteiger partial charge in [-0.1, -0.05) is 12.1 Å². The lowest BCUT2D eigenvalue weighted by atomic mass is 10.1. The van der Waals surface area contributed by atoms with Gasteiger partial charge in [-0.05, 0) is 20.3 Å². The van der Waals surface area contributed by atoms with Crippen LogP contribution < -0.4 is 0 Å². The highest BCUT2D eigenvalue weighted by Gasteiger charge is 2.32. The van der Waals surface area contributed by atoms with Crippen molar-refractivity contribution in [1.29, 1.82) is 0 Å². The van der Waals surface area contributed by atoms with Gasteiger partial charge in [0.25, 0.3) is 0 Å². The molecule has 0 aliphatic carbocycles. The molecule has 1 aromatic heterocycles. The van der Waals surface area contributed by atoms with E-state index in [0.29, 0.717) is 0 Å². The summed E-state index contributed by atoms with van der Waals surface area (Å²) in [7, 11) is 1.36. The first-order valence-electron chi connectivity index (χ1n) is 4.52. The molecule has 0 fully saturated rings. The van der Waals surface area contributed by atoms with Gasteiger partial charge >= 0.3 is 5.97 Å². The van der Waals surface area contributed by atoms with E-state index in [1.807, 2.05) is 6.92 Å². The summed E-state index contributed by atoms with van der Waals surface area (Å²) in [5.41, 5.74) is 0.0665. The van der Waals surface area contributed by atoms with E-state index in [-0.39, 0.29) is 5.97 Å². The van der Waals surface area contributed by atoms with E-state index in [2.05, 4.69) is 15.0 Å². The van der Waals surface area contributed by atoms with Crippen molar-refractivity contribution in [2.24, 2.45) is 0 Å². The van der Waals surface area contributed by atoms with E-state index in [1.54, 1.807) is 20.0 Å². The molecule has 0 unspecified atom stereocenters. The Hall–Kier alpha value is -1.39. The zero-order valence-electron chi connectivity index (χ0n) is 8.94. The average Bonchev–Trinajstić information content (AvgIpc) is 2.65. The SMILES string of the molecule is CCc1cn(C(C)(C)C(=O)OC)nn1. The van der Waals surface area contributed by atoms with Gasteiger partial charge in [0.15, 0.2) is 5.54 Å². The zero-order chi connectivity index (χ0) is 10.8. The standard InChI is InChI=1S/C9H15N3O2/c1-5-7-6-12(11-10-7)9(2,3)8(13)14-4/h6H,5H2,1-4H3. The van der Waals surface area contributed by atoms with Crippen molar-refractivity contribution in [3.05, 3.63) is 11.9 Å². The third-order valence-electron chi connectivity index (χ3n) is 2.16. The molecule has 0 amide bonds. The first-order valence-corrected chi connectivity index (χ1v) is 4.52. The molecule has 0 bridgehead atoms. The molecular weight excluding hydrogens is 182 g/mol. The fraction of sp³-hybridized carbons (Fsp3) is 0.667. The second-order valence-corrected chi connectivity index (χ2v) is 3.56. The van der Waals surface area contributed by atoms with Crippen LogP contribution in [-0.4, -0.2) is 28.1 Å². The molecule has 0 aliphatic rings. The van der Waals surface area contributed by atoms with E-state index in [1.165, 1.54) is 11.8 Å². The van der Waals surface area contributed by atoms with Gasteiger partial charge in [0.05, 0.1) is 12.8 Å². The van der Waals surface area contributed by atoms with E-state index in [9.17, 15) is 4.79 Å². The predicted octanol–water partition coefficient (Wildman–Crippen LogP) is 0.749. The van der Waals surface area contributed by atoms with E-state index in [4.69, 9.17) is 0 Å². The lowest BCUT2D eigenvalue weighted by Crippen LogP contribution is -2.37. The van der Waals surface area contributed by atoms with Crippen LogP contribution in [0.3, 0.4) is 0 Å². The Morgan fingerprint density at radius 2 is 2.29 bits per heavy atom. The summed E-state index contributed by atoms with van der Waals surface area (Å²) in [6.45, 7) is 5.47. The minimum atomic E-state index is -0.796. The molecule has 14 heavy (non-hydrogen) atoms. The predicted molar refractivity (Wildman–Crippen MR) is 50.7 cm³/mol. The van der Waals surface area contributed by atoms with Gasteiger partial charge < -0.3 is 4.74 Å². The summed E-state index contributed by atoms with van der Waals surface area (Å²) in [6.07, 6.45) is 2.56. The second kappa shape index (κ2) is 3.77. The third kappa shape index (κ3) is 1.76. The van der Waals surface area contributed by atoms with Gasteiger partial charge in [-0.2, -0.15) is 0 Å². The summed E-state index contributed by atoms with van der Waals surface area (Å²) in [5.74, 6) is -0.329. The van der Waals surface area contributed by atoms with Crippen LogP contribution in [0.2, 0.25) is 0 Å². The molecule has 0 radical (unpaired) electrons. The number of aromatic nitrogens is 3. The van der Waals surface area contributed by atoms with Crippen molar-refractivity contribution in [2.45, 2.75) is 32.7 Å². The lowest BCUT2D eigenvalue weighted by molar-refractivity contribution is -0.150. The Labute approximate surface area is 83.1 Å². The van der Waals surface area contributed by atoms with Gasteiger partial charge in [0.1, 0.15) is 0 Å². The number of esters is 1. The van der Waals surface area contributed by atoms with Crippen molar-refractivity contribution < 1.29 is 9.53 Å². The molecule has 78 valence electrons. The van der Waals surface area contributed by atoms with Gasteiger partial charge in [-0.25, -0.2) is 9.48 Å². The first kappa shape index (κ1) is 10.7. The molecular formula is C9H15N3O2. The highest BCUT2D eigenvalue weighted by atomic mass is 16.5. The molecule has 0 N–H and O–H groups in total. The number of nitrogens with zero attached hydrogens (tertiary/aromatic N) is 3. The van der Waals surface area contributed by atoms with Crippen molar-refractivity contribution in [2.75, 3.05) is 7.11 Å². The molecule has 1 heterocycles. The molecule has 5 nitrogen and oxygen atoms in total. The molecule has 1 aromatic rings. The van der Waals surface area contributed by atoms with Crippen LogP contribution in [0.4, 0.5) is 0 Å². The summed E-state index contributed by atoms with van der Waals surface area (Å²) < 4.78 is 6.21. The van der Waals surface area contributed by atoms with E-state index in [0.717, 1.165) is 12.1 Å². The Bertz CT molecular complexity index is 331. The van der Waals surface area contributed by atoms with Gasteiger partial charge in [-0.15, -0.1) is 5.10 Å². The number of carbonyl (C=O) groups excluding carboxylic acids is 1. The largest absolute Gasteiger partial charge is 0.467 e. The Morgan fingerprint density at radius 3 is 2.71 bits per heavy atom. The average molecular weight is 197 g/mol. The van der Waals surface area contributed by atoms with Crippen LogP contribution >= 0.6 is 0 Å². The smallest absolute Gasteiger partial charge is 0.333 e. The van der Waals surface area contributed by atoms with Crippen molar-refractivity contribution in [1.82, 2.24) is 15.0 Å². The fourth-order valence-corrected chi connectivity index (χ4v) is 1.08. The lowest BCUT2D eigenvalue weighted by Gasteiger charge is -2.20. The van der Waals surface area contributed by atoms with Gasteiger partial charge in [0, 0.05) is 6.20 Å². The van der Waals surface area contributed by atoms with E-state index < -0.39 is 5.54 Å². The normalized spacial score (nSPS) is 11.4. The maximum Gasteiger partial charge on any atom is 0.333 e. The summed E-state index contributed by atoms with van der Waals surface area (Å²) in [4.78, 5) is 11.4. The van der Waals surface area contributed by atoms with Crippen LogP contribution in [0.1, 0.15) is 26.5 Å². The minimum Gasteiger partial charge on any atom is -0.467 e. The molecule has 5 heteroatoms. The Kier molecular flexibility index (Phi) is 2.88. The third-order valence-corrected chi connectivity index (χ3v) is 2.16. The van der Waals surface area contributed by atoms with Crippen molar-refractivity contribution >= 4 is 5.97 Å². The summed E-state index contributed by atoms with van der Waals surface area (Å²) in [5, 5.41) is 7.82. The molecule has 0 aromatic carbocycles. The molecule has 0 saturated heterocycles. The summed E-state index contributed by atoms with van der Waals surface area (Å²) >= 11 is 0. The van der Waals surface area contributed by atoms with Crippen LogP contribution in [0.5, 0.6) is 0 Å². The van der Waals surface area contributed by atoms with E-state index >= 15 is 0 Å². The second-order valence-electron chi connectivity index (χ2n) is 3.56. The fourth-order valence-electron chi connectivity index (χ4n) is 1.08. The number of hydrogen-bond donors (Lipinski definition) is 0.